The van der Waals surface area contributed by atoms with Crippen molar-refractivity contribution in [2.45, 2.75) is 11.8 Å². The van der Waals surface area contributed by atoms with Gasteiger partial charge >= 0.3 is 5.97 Å². The summed E-state index contributed by atoms with van der Waals surface area (Å²) >= 11 is 0. The lowest BCUT2D eigenvalue weighted by Crippen LogP contribution is -2.23. The Labute approximate surface area is 115 Å². The summed E-state index contributed by atoms with van der Waals surface area (Å²) in [5.74, 6) is -1.12. The van der Waals surface area contributed by atoms with Crippen LogP contribution in [-0.2, 0) is 10.0 Å². The highest BCUT2D eigenvalue weighted by molar-refractivity contribution is 7.89. The van der Waals surface area contributed by atoms with Crippen LogP contribution in [0.4, 0.5) is 0 Å². The molecule has 0 atom stereocenters. The SMILES string of the molecule is CCNS(=O)(=O)c1ccc(-n2ccc(C(=O)O)n2)cc1. The van der Waals surface area contributed by atoms with Gasteiger partial charge in [0.25, 0.3) is 0 Å². The third kappa shape index (κ3) is 2.86. The van der Waals surface area contributed by atoms with Crippen LogP contribution in [0.5, 0.6) is 0 Å². The van der Waals surface area contributed by atoms with E-state index in [-0.39, 0.29) is 10.6 Å². The number of carboxylic acids is 1. The van der Waals surface area contributed by atoms with Gasteiger partial charge in [-0.15, -0.1) is 0 Å². The number of hydrogen-bond acceptors (Lipinski definition) is 4. The molecule has 8 heteroatoms. The van der Waals surface area contributed by atoms with Gasteiger partial charge < -0.3 is 5.11 Å². The van der Waals surface area contributed by atoms with Gasteiger partial charge in [-0.05, 0) is 30.3 Å². The molecule has 1 aromatic carbocycles. The summed E-state index contributed by atoms with van der Waals surface area (Å²) in [6.45, 7) is 2.01. The molecule has 0 spiro atoms. The number of nitrogens with one attached hydrogen (secondary N) is 1. The topological polar surface area (TPSA) is 101 Å². The molecule has 0 bridgehead atoms. The van der Waals surface area contributed by atoms with E-state index in [1.165, 1.54) is 29.1 Å². The van der Waals surface area contributed by atoms with Crippen LogP contribution in [0.1, 0.15) is 17.4 Å². The molecule has 2 N–H and O–H groups in total. The zero-order valence-corrected chi connectivity index (χ0v) is 11.5. The van der Waals surface area contributed by atoms with E-state index in [2.05, 4.69) is 9.82 Å². The lowest BCUT2D eigenvalue weighted by atomic mass is 10.3. The summed E-state index contributed by atoms with van der Waals surface area (Å²) in [5.41, 5.74) is 0.502. The second-order valence-electron chi connectivity index (χ2n) is 3.95. The summed E-state index contributed by atoms with van der Waals surface area (Å²) in [6, 6.07) is 7.36. The van der Waals surface area contributed by atoms with Crippen molar-refractivity contribution in [1.29, 1.82) is 0 Å². The molecule has 0 saturated carbocycles. The predicted molar refractivity (Wildman–Crippen MR) is 71.4 cm³/mol. The van der Waals surface area contributed by atoms with Crippen LogP contribution in [0.3, 0.4) is 0 Å². The molecule has 0 fully saturated rings. The van der Waals surface area contributed by atoms with Crippen LogP contribution in [0.15, 0.2) is 41.4 Å². The van der Waals surface area contributed by atoms with Crippen molar-refractivity contribution in [3.05, 3.63) is 42.2 Å². The number of nitrogens with zero attached hydrogens (tertiary/aromatic N) is 2. The third-order valence-electron chi connectivity index (χ3n) is 2.55. The highest BCUT2D eigenvalue weighted by Gasteiger charge is 2.13. The minimum atomic E-state index is -3.49. The van der Waals surface area contributed by atoms with Gasteiger partial charge in [0, 0.05) is 12.7 Å². The molecule has 0 aliphatic heterocycles. The summed E-state index contributed by atoms with van der Waals surface area (Å²) in [6.07, 6.45) is 1.50. The molecule has 0 saturated heterocycles. The number of rotatable bonds is 5. The van der Waals surface area contributed by atoms with Gasteiger partial charge in [-0.25, -0.2) is 22.6 Å². The molecular formula is C12H13N3O4S. The molecule has 7 nitrogen and oxygen atoms in total. The van der Waals surface area contributed by atoms with Crippen molar-refractivity contribution in [2.24, 2.45) is 0 Å². The fourth-order valence-corrected chi connectivity index (χ4v) is 2.67. The fourth-order valence-electron chi connectivity index (χ4n) is 1.63. The number of carboxylic acid groups (broad SMARTS) is 1. The number of benzene rings is 1. The quantitative estimate of drug-likeness (QED) is 0.852. The van der Waals surface area contributed by atoms with Crippen molar-refractivity contribution in [2.75, 3.05) is 6.54 Å². The van der Waals surface area contributed by atoms with Crippen LogP contribution in [0.25, 0.3) is 5.69 Å². The van der Waals surface area contributed by atoms with E-state index in [4.69, 9.17) is 5.11 Å². The smallest absolute Gasteiger partial charge is 0.356 e. The maximum atomic E-state index is 11.8. The van der Waals surface area contributed by atoms with Gasteiger partial charge in [-0.2, -0.15) is 5.10 Å². The molecular weight excluding hydrogens is 282 g/mol. The molecule has 1 heterocycles. The molecule has 2 aromatic rings. The first kappa shape index (κ1) is 14.2. The van der Waals surface area contributed by atoms with E-state index >= 15 is 0 Å². The fraction of sp³-hybridized carbons (Fsp3) is 0.167. The van der Waals surface area contributed by atoms with Crippen LogP contribution >= 0.6 is 0 Å². The Balaban J connectivity index is 2.30. The van der Waals surface area contributed by atoms with E-state index in [0.717, 1.165) is 0 Å². The van der Waals surface area contributed by atoms with Crippen LogP contribution in [0, 0.1) is 0 Å². The molecule has 0 radical (unpaired) electrons. The van der Waals surface area contributed by atoms with Gasteiger partial charge in [0.1, 0.15) is 0 Å². The number of carbonyl (C=O) groups is 1. The molecule has 106 valence electrons. The Morgan fingerprint density at radius 1 is 1.30 bits per heavy atom. The van der Waals surface area contributed by atoms with Crippen molar-refractivity contribution < 1.29 is 18.3 Å². The van der Waals surface area contributed by atoms with Gasteiger partial charge in [0.05, 0.1) is 10.6 Å². The van der Waals surface area contributed by atoms with Crippen LogP contribution < -0.4 is 4.72 Å². The summed E-state index contributed by atoms with van der Waals surface area (Å²) in [5, 5.41) is 12.7. The van der Waals surface area contributed by atoms with Crippen molar-refractivity contribution >= 4 is 16.0 Å². The lowest BCUT2D eigenvalue weighted by Gasteiger charge is -2.06. The van der Waals surface area contributed by atoms with Crippen LogP contribution in [0.2, 0.25) is 0 Å². The number of sulfonamides is 1. The summed E-state index contributed by atoms with van der Waals surface area (Å²) < 4.78 is 27.3. The van der Waals surface area contributed by atoms with Crippen molar-refractivity contribution in [3.63, 3.8) is 0 Å². The Morgan fingerprint density at radius 2 is 1.95 bits per heavy atom. The molecule has 0 aliphatic carbocycles. The zero-order valence-electron chi connectivity index (χ0n) is 10.6. The average molecular weight is 295 g/mol. The predicted octanol–water partition coefficient (Wildman–Crippen LogP) is 0.869. The van der Waals surface area contributed by atoms with E-state index < -0.39 is 16.0 Å². The first-order valence-electron chi connectivity index (χ1n) is 5.83. The second kappa shape index (κ2) is 5.43. The largest absolute Gasteiger partial charge is 0.476 e. The maximum Gasteiger partial charge on any atom is 0.356 e. The highest BCUT2D eigenvalue weighted by Crippen LogP contribution is 2.13. The number of aromatic carboxylic acids is 1. The number of aromatic nitrogens is 2. The third-order valence-corrected chi connectivity index (χ3v) is 4.12. The van der Waals surface area contributed by atoms with E-state index in [1.54, 1.807) is 19.1 Å². The maximum absolute atomic E-state index is 11.8. The van der Waals surface area contributed by atoms with E-state index in [0.29, 0.717) is 12.2 Å². The Morgan fingerprint density at radius 3 is 2.45 bits per heavy atom. The second-order valence-corrected chi connectivity index (χ2v) is 5.71. The highest BCUT2D eigenvalue weighted by atomic mass is 32.2. The Bertz CT molecular complexity index is 719. The Hall–Kier alpha value is -2.19. The molecule has 2 rings (SSSR count). The van der Waals surface area contributed by atoms with Crippen molar-refractivity contribution in [3.8, 4) is 5.69 Å². The van der Waals surface area contributed by atoms with Gasteiger partial charge in [0.15, 0.2) is 5.69 Å². The van der Waals surface area contributed by atoms with Gasteiger partial charge in [0.2, 0.25) is 10.0 Å². The van der Waals surface area contributed by atoms with Gasteiger partial charge in [-0.3, -0.25) is 0 Å². The lowest BCUT2D eigenvalue weighted by molar-refractivity contribution is 0.0690. The summed E-state index contributed by atoms with van der Waals surface area (Å²) in [4.78, 5) is 10.9. The van der Waals surface area contributed by atoms with E-state index in [9.17, 15) is 13.2 Å². The average Bonchev–Trinajstić information content (AvgIpc) is 2.88. The molecule has 0 unspecified atom stereocenters. The first-order valence-corrected chi connectivity index (χ1v) is 7.31. The Kier molecular flexibility index (Phi) is 3.86. The van der Waals surface area contributed by atoms with Crippen molar-refractivity contribution in [1.82, 2.24) is 14.5 Å². The van der Waals surface area contributed by atoms with Crippen LogP contribution in [-0.4, -0.2) is 35.8 Å². The normalized spacial score (nSPS) is 11.4. The zero-order chi connectivity index (χ0) is 14.8. The molecule has 0 aliphatic rings. The standard InChI is InChI=1S/C12H13N3O4S/c1-2-13-20(18,19)10-5-3-9(4-6-10)15-8-7-11(14-15)12(16)17/h3-8,13H,2H2,1H3,(H,16,17). The first-order chi connectivity index (χ1) is 9.44. The van der Waals surface area contributed by atoms with E-state index in [1.807, 2.05) is 0 Å². The minimum absolute atomic E-state index is 0.0747. The monoisotopic (exact) mass is 295 g/mol. The molecule has 1 aromatic heterocycles. The summed E-state index contributed by atoms with van der Waals surface area (Å²) in [7, 11) is -3.49. The van der Waals surface area contributed by atoms with Gasteiger partial charge in [-0.1, -0.05) is 6.92 Å². The molecule has 20 heavy (non-hydrogen) atoms. The molecule has 0 amide bonds. The minimum Gasteiger partial charge on any atom is -0.476 e. The number of hydrogen-bond donors (Lipinski definition) is 2.